The average Bonchev–Trinajstić information content (AvgIpc) is 3.76. The predicted molar refractivity (Wildman–Crippen MR) is 170 cm³/mol. The van der Waals surface area contributed by atoms with Gasteiger partial charge >= 0.3 is 0 Å². The number of hydrogen-bond acceptors (Lipinski definition) is 5. The minimum atomic E-state index is -3.74. The molecule has 0 bridgehead atoms. The molecule has 1 aliphatic carbocycles. The predicted octanol–water partition coefficient (Wildman–Crippen LogP) is 6.75. The normalized spacial score (nSPS) is 13.1. The highest BCUT2D eigenvalue weighted by molar-refractivity contribution is 7.92. The number of hydrogen-bond donors (Lipinski definition) is 2. The Hall–Kier alpha value is -4.96. The molecule has 0 atom stereocenters. The van der Waals surface area contributed by atoms with Crippen LogP contribution >= 0.6 is 0 Å². The van der Waals surface area contributed by atoms with Gasteiger partial charge in [0.1, 0.15) is 17.2 Å². The topological polar surface area (TPSA) is 109 Å². The van der Waals surface area contributed by atoms with Gasteiger partial charge < -0.3 is 14.6 Å². The second-order valence-electron chi connectivity index (χ2n) is 10.9. The molecule has 0 saturated heterocycles. The van der Waals surface area contributed by atoms with Gasteiger partial charge in [0, 0.05) is 46.9 Å². The van der Waals surface area contributed by atoms with Gasteiger partial charge in [-0.2, -0.15) is 0 Å². The van der Waals surface area contributed by atoms with Crippen molar-refractivity contribution in [2.45, 2.75) is 25.8 Å². The largest absolute Gasteiger partial charge is 0.455 e. The Kier molecular flexibility index (Phi) is 7.46. The van der Waals surface area contributed by atoms with Crippen LogP contribution in [-0.2, 0) is 10.0 Å². The van der Waals surface area contributed by atoms with E-state index in [1.54, 1.807) is 18.2 Å². The number of carbonyl (C=O) groups is 2. The molecule has 6 rings (SSSR count). The van der Waals surface area contributed by atoms with E-state index in [-0.39, 0.29) is 34.5 Å². The zero-order chi connectivity index (χ0) is 31.2. The highest BCUT2D eigenvalue weighted by atomic mass is 32.2. The van der Waals surface area contributed by atoms with Crippen molar-refractivity contribution in [2.75, 3.05) is 22.9 Å². The highest BCUT2D eigenvalue weighted by Crippen LogP contribution is 2.41. The maximum Gasteiger partial charge on any atom is 0.258 e. The Morgan fingerprint density at radius 2 is 1.64 bits per heavy atom. The van der Waals surface area contributed by atoms with Gasteiger partial charge in [-0.1, -0.05) is 24.3 Å². The third-order valence-electron chi connectivity index (χ3n) is 7.62. The van der Waals surface area contributed by atoms with Crippen LogP contribution < -0.4 is 14.9 Å². The van der Waals surface area contributed by atoms with E-state index in [9.17, 15) is 22.4 Å². The molecule has 10 heteroatoms. The Bertz CT molecular complexity index is 2020. The Morgan fingerprint density at radius 3 is 2.27 bits per heavy atom. The van der Waals surface area contributed by atoms with Gasteiger partial charge in [-0.05, 0) is 85.5 Å². The molecular formula is C34H30FN3O5S. The van der Waals surface area contributed by atoms with E-state index in [1.165, 1.54) is 37.4 Å². The summed E-state index contributed by atoms with van der Waals surface area (Å²) in [6, 6.07) is 23.7. The number of fused-ring (bicyclic) bond motifs is 1. The number of sulfonamides is 1. The van der Waals surface area contributed by atoms with Gasteiger partial charge in [-0.25, -0.2) is 12.8 Å². The van der Waals surface area contributed by atoms with Crippen LogP contribution in [0, 0.1) is 12.7 Å². The first-order valence-electron chi connectivity index (χ1n) is 14.1. The number of nitrogens with zero attached hydrogens (tertiary/aromatic N) is 1. The molecule has 0 radical (unpaired) electrons. The monoisotopic (exact) mass is 611 g/mol. The summed E-state index contributed by atoms with van der Waals surface area (Å²) in [5, 5.41) is 3.07. The van der Waals surface area contributed by atoms with E-state index in [0.29, 0.717) is 27.6 Å². The van der Waals surface area contributed by atoms with Crippen LogP contribution in [0.4, 0.5) is 15.8 Å². The van der Waals surface area contributed by atoms with Crippen LogP contribution in [0.2, 0.25) is 0 Å². The summed E-state index contributed by atoms with van der Waals surface area (Å²) in [5.74, 6) is -0.816. The van der Waals surface area contributed by atoms with Gasteiger partial charge in [0.15, 0.2) is 0 Å². The number of aryl methyl sites for hydroxylation is 1. The minimum Gasteiger partial charge on any atom is -0.455 e. The summed E-state index contributed by atoms with van der Waals surface area (Å²) in [6.45, 7) is 1.87. The molecule has 2 N–H and O–H groups in total. The molecule has 2 amide bonds. The Morgan fingerprint density at radius 1 is 0.932 bits per heavy atom. The van der Waals surface area contributed by atoms with Crippen LogP contribution in [0.5, 0.6) is 0 Å². The number of furan rings is 1. The standard InChI is InChI=1S/C34H30FN3O5S/c1-20-9-10-22(34(40)38(25-15-16-25)24-7-5-4-6-8-24)17-26(20)27-18-28-30(19-29(27)37-44(3,41)42)43-32(31(28)33(39)36-2)21-11-13-23(35)14-12-21/h4-14,17-19,25,37H,15-16H2,1-3H3,(H,36,39). The smallest absolute Gasteiger partial charge is 0.258 e. The first-order valence-corrected chi connectivity index (χ1v) is 16.0. The zero-order valence-electron chi connectivity index (χ0n) is 24.3. The maximum absolute atomic E-state index is 13.9. The van der Waals surface area contributed by atoms with Crippen LogP contribution in [-0.4, -0.2) is 39.6 Å². The molecule has 0 spiro atoms. The molecule has 1 fully saturated rings. The summed E-state index contributed by atoms with van der Waals surface area (Å²) in [5.41, 5.74) is 4.29. The number of anilines is 2. The van der Waals surface area contributed by atoms with Gasteiger partial charge in [-0.3, -0.25) is 14.3 Å². The maximum atomic E-state index is 13.9. The number of nitrogens with one attached hydrogen (secondary N) is 2. The third kappa shape index (κ3) is 5.68. The van der Waals surface area contributed by atoms with E-state index < -0.39 is 21.7 Å². The molecule has 5 aromatic rings. The van der Waals surface area contributed by atoms with Crippen LogP contribution in [0.1, 0.15) is 39.1 Å². The quantitative estimate of drug-likeness (QED) is 0.202. The molecule has 1 aliphatic rings. The average molecular weight is 612 g/mol. The third-order valence-corrected chi connectivity index (χ3v) is 8.21. The second kappa shape index (κ2) is 11.3. The highest BCUT2D eigenvalue weighted by Gasteiger charge is 2.34. The first-order chi connectivity index (χ1) is 21.0. The van der Waals surface area contributed by atoms with Crippen molar-refractivity contribution in [3.63, 3.8) is 0 Å². The number of benzene rings is 4. The number of rotatable bonds is 8. The van der Waals surface area contributed by atoms with Crippen molar-refractivity contribution in [1.82, 2.24) is 5.32 Å². The fraction of sp³-hybridized carbons (Fsp3) is 0.176. The van der Waals surface area contributed by atoms with E-state index in [0.717, 1.165) is 30.3 Å². The Balaban J connectivity index is 1.55. The van der Waals surface area contributed by atoms with Gasteiger partial charge in [-0.15, -0.1) is 0 Å². The van der Waals surface area contributed by atoms with Crippen molar-refractivity contribution < 1.29 is 26.8 Å². The van der Waals surface area contributed by atoms with Crippen molar-refractivity contribution >= 4 is 44.2 Å². The number of para-hydroxylation sites is 1. The van der Waals surface area contributed by atoms with Gasteiger partial charge in [0.25, 0.3) is 11.8 Å². The SMILES string of the molecule is CNC(=O)c1c(-c2ccc(F)cc2)oc2cc(NS(C)(=O)=O)c(-c3cc(C(=O)N(c4ccccc4)C4CC4)ccc3C)cc12. The van der Waals surface area contributed by atoms with Gasteiger partial charge in [0.2, 0.25) is 10.0 Å². The minimum absolute atomic E-state index is 0.111. The second-order valence-corrected chi connectivity index (χ2v) is 12.7. The molecule has 1 aromatic heterocycles. The number of halogens is 1. The molecule has 224 valence electrons. The van der Waals surface area contributed by atoms with E-state index in [2.05, 4.69) is 10.0 Å². The van der Waals surface area contributed by atoms with Crippen molar-refractivity contribution in [3.8, 4) is 22.5 Å². The van der Waals surface area contributed by atoms with Crippen molar-refractivity contribution in [2.24, 2.45) is 0 Å². The molecule has 8 nitrogen and oxygen atoms in total. The van der Waals surface area contributed by atoms with E-state index >= 15 is 0 Å². The lowest BCUT2D eigenvalue weighted by Crippen LogP contribution is -2.33. The van der Waals surface area contributed by atoms with Crippen molar-refractivity contribution in [3.05, 3.63) is 107 Å². The molecule has 1 saturated carbocycles. The fourth-order valence-corrected chi connectivity index (χ4v) is 5.97. The number of carbonyl (C=O) groups excluding carboxylic acids is 2. The van der Waals surface area contributed by atoms with Crippen LogP contribution in [0.15, 0.2) is 89.3 Å². The lowest BCUT2D eigenvalue weighted by atomic mass is 9.94. The van der Waals surface area contributed by atoms with Gasteiger partial charge in [0.05, 0.1) is 17.5 Å². The molecule has 4 aromatic carbocycles. The fourth-order valence-electron chi connectivity index (χ4n) is 5.40. The van der Waals surface area contributed by atoms with E-state index in [1.807, 2.05) is 48.2 Å². The van der Waals surface area contributed by atoms with Crippen molar-refractivity contribution in [1.29, 1.82) is 0 Å². The summed E-state index contributed by atoms with van der Waals surface area (Å²) in [7, 11) is -2.24. The molecule has 1 heterocycles. The summed E-state index contributed by atoms with van der Waals surface area (Å²) < 4.78 is 47.4. The lowest BCUT2D eigenvalue weighted by Gasteiger charge is -2.23. The van der Waals surface area contributed by atoms with Crippen LogP contribution in [0.3, 0.4) is 0 Å². The molecule has 44 heavy (non-hydrogen) atoms. The molecule has 0 aliphatic heterocycles. The zero-order valence-corrected chi connectivity index (χ0v) is 25.2. The number of amides is 2. The molecular weight excluding hydrogens is 581 g/mol. The summed E-state index contributed by atoms with van der Waals surface area (Å²) >= 11 is 0. The first kappa shape index (κ1) is 29.1. The molecule has 0 unspecified atom stereocenters. The lowest BCUT2D eigenvalue weighted by molar-refractivity contribution is 0.0962. The Labute approximate surface area is 254 Å². The van der Waals surface area contributed by atoms with E-state index in [4.69, 9.17) is 4.42 Å². The summed E-state index contributed by atoms with van der Waals surface area (Å²) in [4.78, 5) is 28.9. The summed E-state index contributed by atoms with van der Waals surface area (Å²) in [6.07, 6.45) is 2.87. The van der Waals surface area contributed by atoms with Crippen LogP contribution in [0.25, 0.3) is 33.4 Å².